The molecule has 0 spiro atoms. The van der Waals surface area contributed by atoms with Gasteiger partial charge in [-0.05, 0) is 17.7 Å². The van der Waals surface area contributed by atoms with Gasteiger partial charge >= 0.3 is 5.97 Å². The van der Waals surface area contributed by atoms with Crippen molar-refractivity contribution in [2.75, 3.05) is 6.79 Å². The van der Waals surface area contributed by atoms with E-state index in [1.54, 1.807) is 10.6 Å². The smallest absolute Gasteiger partial charge is 0.340 e. The fourth-order valence-electron chi connectivity index (χ4n) is 4.21. The highest BCUT2D eigenvalue weighted by Crippen LogP contribution is 2.37. The highest BCUT2D eigenvalue weighted by Gasteiger charge is 2.35. The molecule has 0 amide bonds. The van der Waals surface area contributed by atoms with E-state index in [-0.39, 0.29) is 25.1 Å². The first-order chi connectivity index (χ1) is 13.1. The van der Waals surface area contributed by atoms with E-state index in [9.17, 15) is 14.7 Å². The molecule has 0 radical (unpaired) electrons. The number of nitrogens with zero attached hydrogens (tertiary/aromatic N) is 2. The predicted molar refractivity (Wildman–Crippen MR) is 90.3 cm³/mol. The molecule has 136 valence electrons. The third-order valence-electron chi connectivity index (χ3n) is 5.59. The van der Waals surface area contributed by atoms with Crippen LogP contribution in [0.1, 0.15) is 34.1 Å². The molecule has 1 aliphatic carbocycles. The van der Waals surface area contributed by atoms with E-state index in [1.807, 2.05) is 6.08 Å². The number of fused-ring (bicyclic) bond motifs is 6. The number of aliphatic hydroxyl groups is 1. The highest BCUT2D eigenvalue weighted by atomic mass is 16.7. The maximum absolute atomic E-state index is 12.9. The number of hydrogen-bond acceptors (Lipinski definition) is 7. The van der Waals surface area contributed by atoms with Gasteiger partial charge in [0.2, 0.25) is 0 Å². The zero-order valence-corrected chi connectivity index (χ0v) is 14.1. The number of carbonyl (C=O) groups excluding carboxylic acids is 1. The normalized spacial score (nSPS) is 24.0. The summed E-state index contributed by atoms with van der Waals surface area (Å²) in [5, 5.41) is 10.1. The monoisotopic (exact) mass is 366 g/mol. The minimum Gasteiger partial charge on any atom is -0.469 e. The van der Waals surface area contributed by atoms with Gasteiger partial charge in [0.25, 0.3) is 5.56 Å². The van der Waals surface area contributed by atoms with Crippen LogP contribution in [0.25, 0.3) is 17.5 Å². The fraction of sp³-hybridized carbons (Fsp3) is 0.316. The average Bonchev–Trinajstić information content (AvgIpc) is 3.25. The average molecular weight is 366 g/mol. The van der Waals surface area contributed by atoms with E-state index in [2.05, 4.69) is 6.07 Å². The Hall–Kier alpha value is -2.97. The molecular formula is C19H14N2O6. The van der Waals surface area contributed by atoms with Gasteiger partial charge in [0.1, 0.15) is 18.5 Å². The lowest BCUT2D eigenvalue weighted by molar-refractivity contribution is -0.157. The first-order valence-corrected chi connectivity index (χ1v) is 8.70. The molecule has 0 aromatic carbocycles. The summed E-state index contributed by atoms with van der Waals surface area (Å²) >= 11 is 0. The van der Waals surface area contributed by atoms with Crippen LogP contribution in [0.4, 0.5) is 0 Å². The maximum atomic E-state index is 12.9. The third-order valence-corrected chi connectivity index (χ3v) is 5.59. The summed E-state index contributed by atoms with van der Waals surface area (Å²) in [7, 11) is 0. The second-order valence-corrected chi connectivity index (χ2v) is 7.07. The van der Waals surface area contributed by atoms with Gasteiger partial charge in [0.05, 0.1) is 29.2 Å². The summed E-state index contributed by atoms with van der Waals surface area (Å²) in [5.41, 5.74) is 4.45. The Bertz CT molecular complexity index is 1130. The Morgan fingerprint density at radius 2 is 2.07 bits per heavy atom. The molecule has 3 aliphatic heterocycles. The number of esters is 1. The van der Waals surface area contributed by atoms with Crippen molar-refractivity contribution in [3.63, 3.8) is 0 Å². The number of carbonyl (C=O) groups is 1. The zero-order valence-electron chi connectivity index (χ0n) is 14.1. The lowest BCUT2D eigenvalue weighted by Crippen LogP contribution is -2.32. The number of aliphatic hydroxyl groups excluding tert-OH is 1. The minimum absolute atomic E-state index is 0.0746. The summed E-state index contributed by atoms with van der Waals surface area (Å²) < 4.78 is 17.6. The van der Waals surface area contributed by atoms with Gasteiger partial charge in [-0.15, -0.1) is 0 Å². The van der Waals surface area contributed by atoms with Gasteiger partial charge in [0.15, 0.2) is 12.9 Å². The van der Waals surface area contributed by atoms with Crippen molar-refractivity contribution < 1.29 is 24.1 Å². The van der Waals surface area contributed by atoms with Crippen molar-refractivity contribution in [1.29, 1.82) is 0 Å². The van der Waals surface area contributed by atoms with E-state index in [4.69, 9.17) is 19.2 Å². The molecule has 2 aromatic rings. The lowest BCUT2D eigenvalue weighted by Gasteiger charge is -2.21. The number of pyridine rings is 2. The molecule has 1 fully saturated rings. The van der Waals surface area contributed by atoms with Crippen LogP contribution in [0.2, 0.25) is 0 Å². The van der Waals surface area contributed by atoms with Crippen LogP contribution in [-0.4, -0.2) is 33.5 Å². The van der Waals surface area contributed by atoms with Crippen molar-refractivity contribution in [3.8, 4) is 11.4 Å². The molecule has 8 nitrogen and oxygen atoms in total. The molecule has 4 aliphatic rings. The molecule has 1 N–H and O–H groups in total. The van der Waals surface area contributed by atoms with Crippen LogP contribution >= 0.6 is 0 Å². The van der Waals surface area contributed by atoms with Crippen LogP contribution in [0.5, 0.6) is 0 Å². The topological polar surface area (TPSA) is 99.9 Å². The van der Waals surface area contributed by atoms with E-state index in [0.717, 1.165) is 22.6 Å². The predicted octanol–water partition coefficient (Wildman–Crippen LogP) is 0.632. The second kappa shape index (κ2) is 5.05. The minimum atomic E-state index is -1.44. The number of hydrogen-bond donors (Lipinski definition) is 1. The third kappa shape index (κ3) is 1.96. The lowest BCUT2D eigenvalue weighted by atomic mass is 9.95. The largest absolute Gasteiger partial charge is 0.469 e. The molecule has 0 saturated carbocycles. The Balaban J connectivity index is 1.54. The zero-order chi connectivity index (χ0) is 18.3. The number of ether oxygens (including phenoxy) is 3. The van der Waals surface area contributed by atoms with E-state index in [1.165, 1.54) is 0 Å². The fourth-order valence-corrected chi connectivity index (χ4v) is 4.21. The van der Waals surface area contributed by atoms with Gasteiger partial charge in [-0.3, -0.25) is 4.79 Å². The number of cyclic esters (lactones) is 1. The maximum Gasteiger partial charge on any atom is 0.340 e. The summed E-state index contributed by atoms with van der Waals surface area (Å²) in [6.07, 6.45) is 1.04. The molecule has 8 heteroatoms. The molecule has 2 unspecified atom stereocenters. The summed E-state index contributed by atoms with van der Waals surface area (Å²) in [5.74, 6) is 0.0339. The Labute approximate surface area is 152 Å². The Morgan fingerprint density at radius 3 is 2.96 bits per heavy atom. The van der Waals surface area contributed by atoms with E-state index >= 15 is 0 Å². The number of rotatable bonds is 0. The van der Waals surface area contributed by atoms with Crippen molar-refractivity contribution in [2.45, 2.75) is 31.8 Å². The molecule has 5 heterocycles. The van der Waals surface area contributed by atoms with Crippen molar-refractivity contribution in [3.05, 3.63) is 56.2 Å². The van der Waals surface area contributed by atoms with Crippen LogP contribution in [0.15, 0.2) is 22.7 Å². The van der Waals surface area contributed by atoms with Gasteiger partial charge in [0, 0.05) is 23.6 Å². The molecule has 1 saturated heterocycles. The van der Waals surface area contributed by atoms with Crippen LogP contribution in [0, 0.1) is 0 Å². The summed E-state index contributed by atoms with van der Waals surface area (Å²) in [6.45, 7) is 0.537. The molecule has 6 rings (SSSR count). The van der Waals surface area contributed by atoms with Crippen molar-refractivity contribution >= 4 is 12.0 Å². The quantitative estimate of drug-likeness (QED) is 0.583. The van der Waals surface area contributed by atoms with Gasteiger partial charge in [-0.25, -0.2) is 9.78 Å². The first kappa shape index (κ1) is 15.1. The summed E-state index contributed by atoms with van der Waals surface area (Å²) in [4.78, 5) is 29.3. The van der Waals surface area contributed by atoms with Crippen LogP contribution < -0.4 is 5.56 Å². The second-order valence-electron chi connectivity index (χ2n) is 7.07. The molecule has 0 bridgehead atoms. The van der Waals surface area contributed by atoms with Crippen molar-refractivity contribution in [2.24, 2.45) is 0 Å². The molecule has 2 atom stereocenters. The van der Waals surface area contributed by atoms with Gasteiger partial charge < -0.3 is 23.9 Å². The Morgan fingerprint density at radius 1 is 1.19 bits per heavy atom. The molecule has 27 heavy (non-hydrogen) atoms. The van der Waals surface area contributed by atoms with Crippen LogP contribution in [-0.2, 0) is 38.6 Å². The summed E-state index contributed by atoms with van der Waals surface area (Å²) in [6, 6.07) is 3.73. The van der Waals surface area contributed by atoms with E-state index < -0.39 is 12.1 Å². The highest BCUT2D eigenvalue weighted by molar-refractivity contribution is 5.79. The SMILES string of the molecule is O=C1OCc2c(cc3n(c2=O)Cc2cc4c(nc2-3)C=C2OCOC2C4)C1O. The molecular weight excluding hydrogens is 352 g/mol. The molecule has 2 aromatic heterocycles. The van der Waals surface area contributed by atoms with Gasteiger partial charge in [-0.1, -0.05) is 0 Å². The van der Waals surface area contributed by atoms with E-state index in [0.29, 0.717) is 35.5 Å². The van der Waals surface area contributed by atoms with Gasteiger partial charge in [-0.2, -0.15) is 0 Å². The Kier molecular flexibility index (Phi) is 2.83. The number of aromatic nitrogens is 2. The standard InChI is InChI=1S/C19H14N2O6/c22-17-10-3-13-16-9(5-21(13)18(23)11(10)6-25-19(17)24)1-8-2-14-15(27-7-26-14)4-12(8)20-16/h1,3-4,14,17,22H,2,5-7H2. The van der Waals surface area contributed by atoms with Crippen molar-refractivity contribution in [1.82, 2.24) is 9.55 Å². The van der Waals surface area contributed by atoms with Crippen LogP contribution in [0.3, 0.4) is 0 Å². The first-order valence-electron chi connectivity index (χ1n) is 8.70.